The van der Waals surface area contributed by atoms with Crippen molar-refractivity contribution in [2.45, 2.75) is 44.6 Å². The van der Waals surface area contributed by atoms with Crippen molar-refractivity contribution < 1.29 is 4.79 Å². The molecule has 3 heterocycles. The van der Waals surface area contributed by atoms with Gasteiger partial charge in [0.2, 0.25) is 5.91 Å². The van der Waals surface area contributed by atoms with E-state index in [1.54, 1.807) is 6.33 Å². The van der Waals surface area contributed by atoms with Crippen LogP contribution in [0.3, 0.4) is 0 Å². The normalized spacial score (nSPS) is 19.8. The van der Waals surface area contributed by atoms with Gasteiger partial charge in [0.1, 0.15) is 24.2 Å². The van der Waals surface area contributed by atoms with E-state index in [9.17, 15) is 4.79 Å². The van der Waals surface area contributed by atoms with E-state index in [-0.39, 0.29) is 17.9 Å². The highest BCUT2D eigenvalue weighted by molar-refractivity contribution is 5.86. The zero-order chi connectivity index (χ0) is 17.0. The van der Waals surface area contributed by atoms with Crippen molar-refractivity contribution in [3.8, 4) is 6.07 Å². The number of nitrogens with zero attached hydrogens (tertiary/aromatic N) is 4. The second-order valence-corrected chi connectivity index (χ2v) is 6.47. The van der Waals surface area contributed by atoms with Crippen LogP contribution in [0.1, 0.15) is 39.0 Å². The third-order valence-electron chi connectivity index (χ3n) is 4.85. The van der Waals surface area contributed by atoms with Crippen LogP contribution >= 0.6 is 0 Å². The molecule has 0 aromatic carbocycles. The summed E-state index contributed by atoms with van der Waals surface area (Å²) in [6, 6.07) is 3.91. The summed E-state index contributed by atoms with van der Waals surface area (Å²) in [6.45, 7) is 3.73. The molecule has 1 atom stereocenters. The third-order valence-corrected chi connectivity index (χ3v) is 4.85. The molecule has 1 aliphatic heterocycles. The van der Waals surface area contributed by atoms with Gasteiger partial charge < -0.3 is 15.2 Å². The molecule has 0 aliphatic carbocycles. The Balaban J connectivity index is 1.44. The molecule has 2 aromatic rings. The lowest BCUT2D eigenvalue weighted by molar-refractivity contribution is -0.145. The molecule has 0 bridgehead atoms. The zero-order valence-corrected chi connectivity index (χ0v) is 13.9. The predicted octanol–water partition coefficient (Wildman–Crippen LogP) is 2.44. The highest BCUT2D eigenvalue weighted by Crippen LogP contribution is 2.35. The van der Waals surface area contributed by atoms with Crippen molar-refractivity contribution in [3.63, 3.8) is 0 Å². The number of carbonyl (C=O) groups excluding carboxylic acids is 1. The molecule has 0 spiro atoms. The highest BCUT2D eigenvalue weighted by Gasteiger charge is 2.42. The fourth-order valence-electron chi connectivity index (χ4n) is 3.30. The van der Waals surface area contributed by atoms with E-state index in [1.807, 2.05) is 23.2 Å². The number of nitriles is 1. The number of amides is 1. The predicted molar refractivity (Wildman–Crippen MR) is 91.2 cm³/mol. The van der Waals surface area contributed by atoms with Gasteiger partial charge >= 0.3 is 0 Å². The number of hydrogen-bond donors (Lipinski definition) is 2. The molecule has 2 aromatic heterocycles. The molecule has 1 amide bonds. The molecule has 1 aliphatic rings. The first-order valence-corrected chi connectivity index (χ1v) is 8.33. The Hall–Kier alpha value is -2.62. The minimum Gasteiger partial charge on any atom is -0.369 e. The Morgan fingerprint density at radius 1 is 1.50 bits per heavy atom. The molecule has 0 radical (unpaired) electrons. The van der Waals surface area contributed by atoms with Gasteiger partial charge in [0.15, 0.2) is 0 Å². The average molecular weight is 326 g/mol. The van der Waals surface area contributed by atoms with E-state index in [0.29, 0.717) is 0 Å². The van der Waals surface area contributed by atoms with Crippen molar-refractivity contribution in [1.82, 2.24) is 19.9 Å². The van der Waals surface area contributed by atoms with Crippen molar-refractivity contribution in [2.24, 2.45) is 0 Å². The van der Waals surface area contributed by atoms with E-state index in [0.717, 1.165) is 55.6 Å². The first-order chi connectivity index (χ1) is 11.6. The minimum atomic E-state index is -0.0727. The van der Waals surface area contributed by atoms with Crippen LogP contribution in [0.4, 0.5) is 5.82 Å². The molecular formula is C17H22N6O. The average Bonchev–Trinajstić information content (AvgIpc) is 3.03. The van der Waals surface area contributed by atoms with Gasteiger partial charge in [-0.25, -0.2) is 9.97 Å². The van der Waals surface area contributed by atoms with Gasteiger partial charge in [0, 0.05) is 24.8 Å². The van der Waals surface area contributed by atoms with Gasteiger partial charge in [0.25, 0.3) is 0 Å². The van der Waals surface area contributed by atoms with E-state index in [1.165, 1.54) is 0 Å². The van der Waals surface area contributed by atoms with Crippen LogP contribution in [0.15, 0.2) is 18.6 Å². The Morgan fingerprint density at radius 2 is 2.38 bits per heavy atom. The molecular weight excluding hydrogens is 304 g/mol. The molecule has 1 fully saturated rings. The summed E-state index contributed by atoms with van der Waals surface area (Å²) < 4.78 is 0. The fraction of sp³-hybridized carbons (Fsp3) is 0.529. The minimum absolute atomic E-state index is 0.0163. The smallest absolute Gasteiger partial charge is 0.237 e. The maximum Gasteiger partial charge on any atom is 0.237 e. The van der Waals surface area contributed by atoms with E-state index < -0.39 is 0 Å². The monoisotopic (exact) mass is 326 g/mol. The molecule has 7 heteroatoms. The molecule has 3 rings (SSSR count). The Kier molecular flexibility index (Phi) is 4.65. The van der Waals surface area contributed by atoms with Crippen molar-refractivity contribution in [1.29, 1.82) is 5.26 Å². The number of rotatable bonds is 7. The lowest BCUT2D eigenvalue weighted by Gasteiger charge is -2.51. The summed E-state index contributed by atoms with van der Waals surface area (Å²) in [4.78, 5) is 25.3. The number of anilines is 1. The molecule has 1 saturated heterocycles. The Morgan fingerprint density at radius 3 is 3.12 bits per heavy atom. The van der Waals surface area contributed by atoms with Crippen molar-refractivity contribution >= 4 is 22.8 Å². The third kappa shape index (κ3) is 3.18. The zero-order valence-electron chi connectivity index (χ0n) is 13.9. The summed E-state index contributed by atoms with van der Waals surface area (Å²) in [5.41, 5.74) is 0.762. The van der Waals surface area contributed by atoms with Crippen LogP contribution in [-0.4, -0.2) is 44.4 Å². The van der Waals surface area contributed by atoms with E-state index in [4.69, 9.17) is 5.26 Å². The summed E-state index contributed by atoms with van der Waals surface area (Å²) >= 11 is 0. The number of nitrogens with one attached hydrogen (secondary N) is 2. The topological polar surface area (TPSA) is 97.7 Å². The lowest BCUT2D eigenvalue weighted by atomic mass is 9.81. The van der Waals surface area contributed by atoms with Crippen LogP contribution in [0.2, 0.25) is 0 Å². The number of hydrogen-bond acceptors (Lipinski definition) is 5. The van der Waals surface area contributed by atoms with Crippen LogP contribution < -0.4 is 5.32 Å². The Labute approximate surface area is 141 Å². The summed E-state index contributed by atoms with van der Waals surface area (Å²) in [5.74, 6) is 0.808. The molecule has 0 saturated carbocycles. The standard InChI is InChI=1S/C17H22N6O/c1-17(7-11-23(17)14(24)4-8-18)6-2-3-9-19-15-13-5-10-20-16(13)22-12-21-15/h5,10,12H,2-4,6-7,9,11H2,1H3,(H2,19,20,21,22). The van der Waals surface area contributed by atoms with Gasteiger partial charge in [-0.3, -0.25) is 4.79 Å². The fourth-order valence-corrected chi connectivity index (χ4v) is 3.30. The first kappa shape index (κ1) is 16.2. The molecule has 7 nitrogen and oxygen atoms in total. The van der Waals surface area contributed by atoms with Gasteiger partial charge in [-0.05, 0) is 38.7 Å². The van der Waals surface area contributed by atoms with Gasteiger partial charge in [-0.2, -0.15) is 5.26 Å². The highest BCUT2D eigenvalue weighted by atomic mass is 16.2. The van der Waals surface area contributed by atoms with Gasteiger partial charge in [-0.15, -0.1) is 0 Å². The van der Waals surface area contributed by atoms with E-state index in [2.05, 4.69) is 27.2 Å². The van der Waals surface area contributed by atoms with Crippen LogP contribution in [0.5, 0.6) is 0 Å². The number of H-pyrrole nitrogens is 1. The van der Waals surface area contributed by atoms with Crippen LogP contribution in [-0.2, 0) is 4.79 Å². The summed E-state index contributed by atoms with van der Waals surface area (Å²) in [5, 5.41) is 13.0. The second kappa shape index (κ2) is 6.87. The Bertz CT molecular complexity index is 764. The summed E-state index contributed by atoms with van der Waals surface area (Å²) in [6.07, 6.45) is 7.41. The number of fused-ring (bicyclic) bond motifs is 1. The summed E-state index contributed by atoms with van der Waals surface area (Å²) in [7, 11) is 0. The number of unbranched alkanes of at least 4 members (excludes halogenated alkanes) is 1. The van der Waals surface area contributed by atoms with Gasteiger partial charge in [0.05, 0.1) is 11.5 Å². The number of likely N-dealkylation sites (tertiary alicyclic amines) is 1. The maximum absolute atomic E-state index is 11.9. The number of aromatic nitrogens is 3. The van der Waals surface area contributed by atoms with E-state index >= 15 is 0 Å². The maximum atomic E-state index is 11.9. The van der Waals surface area contributed by atoms with Gasteiger partial charge in [-0.1, -0.05) is 0 Å². The van der Waals surface area contributed by atoms with Crippen LogP contribution in [0, 0.1) is 11.3 Å². The molecule has 1 unspecified atom stereocenters. The largest absolute Gasteiger partial charge is 0.369 e. The van der Waals surface area contributed by atoms with Crippen molar-refractivity contribution in [3.05, 3.63) is 18.6 Å². The quantitative estimate of drug-likeness (QED) is 0.762. The van der Waals surface area contributed by atoms with Crippen LogP contribution in [0.25, 0.3) is 11.0 Å². The molecule has 24 heavy (non-hydrogen) atoms. The molecule has 126 valence electrons. The SMILES string of the molecule is CC1(CCCCNc2ncnc3[nH]ccc23)CCN1C(=O)CC#N. The first-order valence-electron chi connectivity index (χ1n) is 8.33. The molecule has 2 N–H and O–H groups in total. The van der Waals surface area contributed by atoms with Crippen molar-refractivity contribution in [2.75, 3.05) is 18.4 Å². The number of aromatic amines is 1. The number of carbonyl (C=O) groups is 1. The lowest BCUT2D eigenvalue weighted by Crippen LogP contribution is -2.60. The second-order valence-electron chi connectivity index (χ2n) is 6.47.